The molecule has 0 saturated heterocycles. The highest BCUT2D eigenvalue weighted by Crippen LogP contribution is 2.31. The van der Waals surface area contributed by atoms with Gasteiger partial charge in [-0.05, 0) is 47.5 Å². The normalized spacial score (nSPS) is 11.4. The molecule has 3 heterocycles. The van der Waals surface area contributed by atoms with Crippen LogP contribution < -0.4 is 4.73 Å². The Morgan fingerprint density at radius 3 is 2.75 bits per heavy atom. The number of nitrogens with zero attached hydrogens (tertiary/aromatic N) is 4. The first kappa shape index (κ1) is 19.6. The summed E-state index contributed by atoms with van der Waals surface area (Å²) in [7, 11) is 0. The van der Waals surface area contributed by atoms with Crippen molar-refractivity contribution in [1.82, 2.24) is 9.97 Å². The highest BCUT2D eigenvalue weighted by molar-refractivity contribution is 7.21. The molecule has 9 heteroatoms. The van der Waals surface area contributed by atoms with E-state index in [9.17, 15) is 15.3 Å². The second-order valence-electron chi connectivity index (χ2n) is 6.82. The van der Waals surface area contributed by atoms with Crippen molar-refractivity contribution in [3.8, 4) is 22.2 Å². The standard InChI is InChI=1S/C23H14N4O4S/c28-26-16(12-13-24-22(26)15-4-3-5-17(14-15)27(29)30)8-9-18-10-11-20(31-18)23-25-19-6-1-2-7-21(19)32-23/h1-14H/b9-8+. The Morgan fingerprint density at radius 2 is 1.91 bits per heavy atom. The molecule has 0 atom stereocenters. The summed E-state index contributed by atoms with van der Waals surface area (Å²) in [6.45, 7) is 0. The quantitative estimate of drug-likeness (QED) is 0.157. The first-order chi connectivity index (χ1) is 15.6. The molecule has 0 unspecified atom stereocenters. The maximum Gasteiger partial charge on any atom is 0.333 e. The van der Waals surface area contributed by atoms with Gasteiger partial charge in [-0.3, -0.25) is 10.1 Å². The second-order valence-corrected chi connectivity index (χ2v) is 7.85. The van der Waals surface area contributed by atoms with Crippen LogP contribution in [0.25, 0.3) is 44.5 Å². The largest absolute Gasteiger partial charge is 0.710 e. The summed E-state index contributed by atoms with van der Waals surface area (Å²) in [5.74, 6) is 1.28. The topological polar surface area (TPSA) is 109 Å². The van der Waals surface area contributed by atoms with Crippen molar-refractivity contribution < 1.29 is 14.1 Å². The molecule has 2 aromatic carbocycles. The molecule has 0 aliphatic carbocycles. The summed E-state index contributed by atoms with van der Waals surface area (Å²) in [4.78, 5) is 19.2. The Bertz CT molecular complexity index is 1460. The van der Waals surface area contributed by atoms with Crippen LogP contribution in [0.3, 0.4) is 0 Å². The Hall–Kier alpha value is -4.37. The minimum atomic E-state index is -0.512. The summed E-state index contributed by atoms with van der Waals surface area (Å²) in [5.41, 5.74) is 1.49. The summed E-state index contributed by atoms with van der Waals surface area (Å²) < 4.78 is 7.59. The molecule has 156 valence electrons. The third kappa shape index (κ3) is 3.72. The van der Waals surface area contributed by atoms with E-state index in [1.54, 1.807) is 41.7 Å². The van der Waals surface area contributed by atoms with Crippen LogP contribution in [-0.4, -0.2) is 14.9 Å². The van der Waals surface area contributed by atoms with Crippen molar-refractivity contribution in [3.05, 3.63) is 99.7 Å². The Labute approximate surface area is 185 Å². The molecule has 5 aromatic rings. The number of para-hydroxylation sites is 1. The molecule has 0 spiro atoms. The first-order valence-electron chi connectivity index (χ1n) is 9.56. The Morgan fingerprint density at radius 1 is 1.03 bits per heavy atom. The SMILES string of the molecule is O=[N+]([O-])c1cccc(-c2nccc(/C=C/c3ccc(-c4nc5ccccc5s4)o3)[n+]2[O-])c1. The van der Waals surface area contributed by atoms with Gasteiger partial charge in [0.25, 0.3) is 5.69 Å². The van der Waals surface area contributed by atoms with Gasteiger partial charge >= 0.3 is 5.82 Å². The van der Waals surface area contributed by atoms with Crippen molar-refractivity contribution >= 4 is 39.4 Å². The minimum Gasteiger partial charge on any atom is -0.710 e. The number of hydrogen-bond donors (Lipinski definition) is 0. The van der Waals surface area contributed by atoms with Crippen LogP contribution in [0.1, 0.15) is 11.5 Å². The number of aromatic nitrogens is 3. The van der Waals surface area contributed by atoms with Crippen LogP contribution in [-0.2, 0) is 0 Å². The van der Waals surface area contributed by atoms with Crippen molar-refractivity contribution in [2.24, 2.45) is 0 Å². The fraction of sp³-hybridized carbons (Fsp3) is 0. The van der Waals surface area contributed by atoms with Crippen LogP contribution in [0.4, 0.5) is 5.69 Å². The van der Waals surface area contributed by atoms with Gasteiger partial charge in [-0.1, -0.05) is 18.2 Å². The smallest absolute Gasteiger partial charge is 0.333 e. The van der Waals surface area contributed by atoms with Crippen molar-refractivity contribution in [3.63, 3.8) is 0 Å². The van der Waals surface area contributed by atoms with Crippen molar-refractivity contribution in [2.75, 3.05) is 0 Å². The van der Waals surface area contributed by atoms with Gasteiger partial charge in [-0.25, -0.2) is 9.71 Å². The molecule has 0 amide bonds. The number of nitro groups is 1. The van der Waals surface area contributed by atoms with Gasteiger partial charge in [0.15, 0.2) is 10.8 Å². The van der Waals surface area contributed by atoms with Gasteiger partial charge in [0, 0.05) is 18.2 Å². The minimum absolute atomic E-state index is 0.0745. The highest BCUT2D eigenvalue weighted by atomic mass is 32.1. The van der Waals surface area contributed by atoms with E-state index < -0.39 is 4.92 Å². The molecule has 5 rings (SSSR count). The molecule has 0 aliphatic heterocycles. The molecule has 0 fully saturated rings. The molecule has 0 N–H and O–H groups in total. The van der Waals surface area contributed by atoms with Gasteiger partial charge < -0.3 is 9.62 Å². The van der Waals surface area contributed by atoms with Gasteiger partial charge in [0.2, 0.25) is 0 Å². The average molecular weight is 442 g/mol. The van der Waals surface area contributed by atoms with Gasteiger partial charge in [0.1, 0.15) is 17.7 Å². The van der Waals surface area contributed by atoms with Crippen LogP contribution in [0.15, 0.2) is 77.3 Å². The maximum atomic E-state index is 12.8. The van der Waals surface area contributed by atoms with Gasteiger partial charge in [-0.15, -0.1) is 11.3 Å². The van der Waals surface area contributed by atoms with E-state index in [1.807, 2.05) is 30.3 Å². The van der Waals surface area contributed by atoms with E-state index in [2.05, 4.69) is 9.97 Å². The second kappa shape index (κ2) is 8.05. The van der Waals surface area contributed by atoms with E-state index in [0.717, 1.165) is 15.2 Å². The van der Waals surface area contributed by atoms with Gasteiger partial charge in [-0.2, -0.15) is 0 Å². The summed E-state index contributed by atoms with van der Waals surface area (Å²) in [6, 6.07) is 18.9. The zero-order valence-corrected chi connectivity index (χ0v) is 17.2. The molecular formula is C23H14N4O4S. The number of thiazole rings is 1. The third-order valence-electron chi connectivity index (χ3n) is 4.73. The predicted molar refractivity (Wildman–Crippen MR) is 122 cm³/mol. The van der Waals surface area contributed by atoms with E-state index in [1.165, 1.54) is 24.4 Å². The lowest BCUT2D eigenvalue weighted by Crippen LogP contribution is -2.33. The highest BCUT2D eigenvalue weighted by Gasteiger charge is 2.16. The molecule has 0 radical (unpaired) electrons. The fourth-order valence-corrected chi connectivity index (χ4v) is 4.13. The lowest BCUT2D eigenvalue weighted by atomic mass is 10.2. The number of benzene rings is 2. The fourth-order valence-electron chi connectivity index (χ4n) is 3.20. The molecular weight excluding hydrogens is 428 g/mol. The van der Waals surface area contributed by atoms with Crippen molar-refractivity contribution in [2.45, 2.75) is 0 Å². The summed E-state index contributed by atoms with van der Waals surface area (Å²) >= 11 is 1.54. The van der Waals surface area contributed by atoms with Gasteiger partial charge in [0.05, 0.1) is 20.7 Å². The van der Waals surface area contributed by atoms with Crippen LogP contribution in [0.5, 0.6) is 0 Å². The van der Waals surface area contributed by atoms with E-state index in [-0.39, 0.29) is 11.5 Å². The molecule has 0 aliphatic rings. The van der Waals surface area contributed by atoms with Crippen LogP contribution in [0.2, 0.25) is 0 Å². The van der Waals surface area contributed by atoms with Crippen LogP contribution in [0, 0.1) is 15.3 Å². The third-order valence-corrected chi connectivity index (χ3v) is 5.78. The van der Waals surface area contributed by atoms with E-state index in [0.29, 0.717) is 27.5 Å². The van der Waals surface area contributed by atoms with Crippen molar-refractivity contribution in [1.29, 1.82) is 0 Å². The molecule has 0 bridgehead atoms. The number of non-ortho nitro benzene ring substituents is 1. The summed E-state index contributed by atoms with van der Waals surface area (Å²) in [5, 5.41) is 24.6. The predicted octanol–water partition coefficient (Wildman–Crippen LogP) is 5.33. The monoisotopic (exact) mass is 442 g/mol. The maximum absolute atomic E-state index is 12.8. The molecule has 3 aromatic heterocycles. The Balaban J connectivity index is 1.42. The zero-order valence-electron chi connectivity index (χ0n) is 16.4. The van der Waals surface area contributed by atoms with E-state index in [4.69, 9.17) is 4.42 Å². The van der Waals surface area contributed by atoms with Crippen LogP contribution >= 0.6 is 11.3 Å². The lowest BCUT2D eigenvalue weighted by molar-refractivity contribution is -0.598. The number of furan rings is 1. The number of hydrogen-bond acceptors (Lipinski definition) is 7. The summed E-state index contributed by atoms with van der Waals surface area (Å²) in [6.07, 6.45) is 4.77. The first-order valence-corrected chi connectivity index (χ1v) is 10.4. The number of fused-ring (bicyclic) bond motifs is 1. The zero-order chi connectivity index (χ0) is 22.1. The number of rotatable bonds is 5. The lowest BCUT2D eigenvalue weighted by Gasteiger charge is -2.08. The Kier molecular flexibility index (Phi) is 4.92. The molecule has 32 heavy (non-hydrogen) atoms. The average Bonchev–Trinajstić information content (AvgIpc) is 3.45. The number of nitro benzene ring substituents is 1. The van der Waals surface area contributed by atoms with E-state index >= 15 is 0 Å². The molecule has 8 nitrogen and oxygen atoms in total. The molecule has 0 saturated carbocycles.